The van der Waals surface area contributed by atoms with E-state index >= 15 is 0 Å². The number of nitrogens with zero attached hydrogens (tertiary/aromatic N) is 4. The van der Waals surface area contributed by atoms with E-state index in [2.05, 4.69) is 15.5 Å². The van der Waals surface area contributed by atoms with Gasteiger partial charge >= 0.3 is 6.18 Å². The van der Waals surface area contributed by atoms with Gasteiger partial charge in [0.1, 0.15) is 16.5 Å². The molecule has 1 amide bonds. The third kappa shape index (κ3) is 4.11. The van der Waals surface area contributed by atoms with Crippen LogP contribution < -0.4 is 5.32 Å². The van der Waals surface area contributed by atoms with Gasteiger partial charge in [-0.2, -0.15) is 23.4 Å². The number of amides is 1. The molecule has 3 aromatic rings. The molecule has 0 unspecified atom stereocenters. The van der Waals surface area contributed by atoms with Crippen molar-refractivity contribution in [2.75, 3.05) is 5.32 Å². The molecule has 1 N–H and O–H groups in total. The zero-order valence-electron chi connectivity index (χ0n) is 13.8. The smallest absolute Gasteiger partial charge is 0.304 e. The molecule has 2 heterocycles. The van der Waals surface area contributed by atoms with Crippen LogP contribution in [0.5, 0.6) is 0 Å². The Hall–Kier alpha value is -2.88. The highest BCUT2D eigenvalue weighted by Crippen LogP contribution is 2.35. The molecule has 27 heavy (non-hydrogen) atoms. The quantitative estimate of drug-likeness (QED) is 0.677. The minimum atomic E-state index is -4.78. The van der Waals surface area contributed by atoms with E-state index in [1.807, 2.05) is 0 Å². The third-order valence-corrected chi connectivity index (χ3v) is 3.95. The largest absolute Gasteiger partial charge is 0.436 e. The van der Waals surface area contributed by atoms with Gasteiger partial charge in [-0.05, 0) is 17.7 Å². The first kappa shape index (κ1) is 18.9. The third-order valence-electron chi connectivity index (χ3n) is 3.59. The van der Waals surface area contributed by atoms with Gasteiger partial charge in [0.2, 0.25) is 0 Å². The lowest BCUT2D eigenvalue weighted by Crippen LogP contribution is -2.17. The van der Waals surface area contributed by atoms with E-state index in [1.54, 1.807) is 12.1 Å². The number of anilines is 1. The van der Waals surface area contributed by atoms with E-state index < -0.39 is 28.5 Å². The molecule has 6 nitrogen and oxygen atoms in total. The van der Waals surface area contributed by atoms with Gasteiger partial charge in [0.05, 0.1) is 6.54 Å². The Morgan fingerprint density at radius 1 is 1.26 bits per heavy atom. The van der Waals surface area contributed by atoms with E-state index in [4.69, 9.17) is 11.6 Å². The maximum atomic E-state index is 13.2. The lowest BCUT2D eigenvalue weighted by molar-refractivity contribution is -0.141. The van der Waals surface area contributed by atoms with Crippen molar-refractivity contribution in [3.05, 3.63) is 64.3 Å². The molecule has 2 aromatic heterocycles. The summed E-state index contributed by atoms with van der Waals surface area (Å²) in [7, 11) is 1.18. The number of hydrogen-bond acceptors (Lipinski definition) is 3. The van der Waals surface area contributed by atoms with E-state index in [0.29, 0.717) is 5.56 Å². The summed E-state index contributed by atoms with van der Waals surface area (Å²) in [5.74, 6) is -1.18. The van der Waals surface area contributed by atoms with Gasteiger partial charge < -0.3 is 5.32 Å². The second-order valence-electron chi connectivity index (χ2n) is 5.62. The fraction of sp³-hybridized carbons (Fsp3) is 0.188. The fourth-order valence-corrected chi connectivity index (χ4v) is 2.79. The number of carbonyl (C=O) groups excluding carboxylic acids is 1. The van der Waals surface area contributed by atoms with Gasteiger partial charge in [0.15, 0.2) is 11.5 Å². The second kappa shape index (κ2) is 7.03. The van der Waals surface area contributed by atoms with Crippen LogP contribution in [0.2, 0.25) is 5.02 Å². The van der Waals surface area contributed by atoms with Gasteiger partial charge in [-0.25, -0.2) is 4.39 Å². The van der Waals surface area contributed by atoms with Crippen LogP contribution in [0.4, 0.5) is 23.4 Å². The average molecular weight is 402 g/mol. The summed E-state index contributed by atoms with van der Waals surface area (Å²) in [6.45, 7) is 0.248. The summed E-state index contributed by atoms with van der Waals surface area (Å²) in [5, 5.41) is 8.91. The van der Waals surface area contributed by atoms with Crippen LogP contribution in [-0.2, 0) is 19.8 Å². The molecule has 0 saturated carbocycles. The minimum Gasteiger partial charge on any atom is -0.304 e. The van der Waals surface area contributed by atoms with E-state index in [9.17, 15) is 22.4 Å². The number of halogens is 5. The first-order chi connectivity index (χ1) is 12.6. The molecule has 0 radical (unpaired) electrons. The molecule has 3 rings (SSSR count). The van der Waals surface area contributed by atoms with Crippen LogP contribution >= 0.6 is 11.6 Å². The molecule has 0 fully saturated rings. The van der Waals surface area contributed by atoms with Crippen molar-refractivity contribution in [3.63, 3.8) is 0 Å². The lowest BCUT2D eigenvalue weighted by Gasteiger charge is -2.04. The first-order valence-electron chi connectivity index (χ1n) is 7.54. The van der Waals surface area contributed by atoms with Crippen molar-refractivity contribution < 1.29 is 22.4 Å². The first-order valence-corrected chi connectivity index (χ1v) is 7.92. The highest BCUT2D eigenvalue weighted by Gasteiger charge is 2.39. The van der Waals surface area contributed by atoms with Gasteiger partial charge in [-0.3, -0.25) is 14.2 Å². The molecule has 11 heteroatoms. The monoisotopic (exact) mass is 401 g/mol. The Morgan fingerprint density at radius 2 is 2.00 bits per heavy atom. The lowest BCUT2D eigenvalue weighted by atomic mass is 10.2. The molecule has 0 atom stereocenters. The molecule has 0 aliphatic rings. The summed E-state index contributed by atoms with van der Waals surface area (Å²) < 4.78 is 53.9. The van der Waals surface area contributed by atoms with Crippen molar-refractivity contribution >= 4 is 23.3 Å². The average Bonchev–Trinajstić information content (AvgIpc) is 3.10. The van der Waals surface area contributed by atoms with E-state index in [-0.39, 0.29) is 18.2 Å². The normalized spacial score (nSPS) is 11.6. The molecule has 142 valence electrons. The van der Waals surface area contributed by atoms with Gasteiger partial charge in [0.25, 0.3) is 5.91 Å². The van der Waals surface area contributed by atoms with Crippen molar-refractivity contribution in [2.24, 2.45) is 7.05 Å². The predicted octanol–water partition coefficient (Wildman–Crippen LogP) is 3.73. The van der Waals surface area contributed by atoms with Crippen LogP contribution in [0.3, 0.4) is 0 Å². The molecule has 0 saturated heterocycles. The SMILES string of the molecule is Cn1nc(C(F)(F)F)c(Cl)c1C(=O)Nc1ccn(Cc2cccc(F)c2)n1. The van der Waals surface area contributed by atoms with Crippen molar-refractivity contribution in [1.29, 1.82) is 0 Å². The van der Waals surface area contributed by atoms with Crippen LogP contribution in [0.1, 0.15) is 21.7 Å². The Morgan fingerprint density at radius 3 is 2.63 bits per heavy atom. The Bertz CT molecular complexity index is 995. The Balaban J connectivity index is 1.76. The number of nitrogens with one attached hydrogen (secondary N) is 1. The van der Waals surface area contributed by atoms with Crippen molar-refractivity contribution in [1.82, 2.24) is 19.6 Å². The maximum absolute atomic E-state index is 13.2. The molecular weight excluding hydrogens is 390 g/mol. The van der Waals surface area contributed by atoms with E-state index in [0.717, 1.165) is 4.68 Å². The number of carbonyl (C=O) groups is 1. The molecule has 0 spiro atoms. The van der Waals surface area contributed by atoms with Crippen molar-refractivity contribution in [3.8, 4) is 0 Å². The predicted molar refractivity (Wildman–Crippen MR) is 88.9 cm³/mol. The second-order valence-corrected chi connectivity index (χ2v) is 5.99. The van der Waals surface area contributed by atoms with Crippen molar-refractivity contribution in [2.45, 2.75) is 12.7 Å². The fourth-order valence-electron chi connectivity index (χ4n) is 2.44. The number of benzene rings is 1. The number of alkyl halides is 3. The number of aryl methyl sites for hydroxylation is 1. The van der Waals surface area contributed by atoms with Gasteiger partial charge in [-0.15, -0.1) is 0 Å². The van der Waals surface area contributed by atoms with Crippen LogP contribution in [-0.4, -0.2) is 25.5 Å². The summed E-state index contributed by atoms with van der Waals surface area (Å²) in [6.07, 6.45) is -3.24. The highest BCUT2D eigenvalue weighted by atomic mass is 35.5. The van der Waals surface area contributed by atoms with Crippen LogP contribution in [0.15, 0.2) is 36.5 Å². The number of hydrogen-bond donors (Lipinski definition) is 1. The molecular formula is C16H12ClF4N5O. The minimum absolute atomic E-state index is 0.0993. The number of aromatic nitrogens is 4. The zero-order valence-corrected chi connectivity index (χ0v) is 14.5. The molecule has 0 bridgehead atoms. The molecule has 1 aromatic carbocycles. The Labute approximate surface area is 155 Å². The standard InChI is InChI=1S/C16H12ClF4N5O/c1-25-13(12(17)14(24-25)16(19,20)21)15(27)22-11-5-6-26(23-11)8-9-3-2-4-10(18)7-9/h2-7H,8H2,1H3,(H,22,23,27). The van der Waals surface area contributed by atoms with Gasteiger partial charge in [0, 0.05) is 19.3 Å². The van der Waals surface area contributed by atoms with Gasteiger partial charge in [-0.1, -0.05) is 23.7 Å². The van der Waals surface area contributed by atoms with Crippen LogP contribution in [0, 0.1) is 5.82 Å². The topological polar surface area (TPSA) is 64.7 Å². The number of rotatable bonds is 4. The maximum Gasteiger partial charge on any atom is 0.436 e. The molecule has 0 aliphatic carbocycles. The van der Waals surface area contributed by atoms with E-state index in [1.165, 1.54) is 36.1 Å². The summed E-state index contributed by atoms with van der Waals surface area (Å²) in [6, 6.07) is 7.36. The highest BCUT2D eigenvalue weighted by molar-refractivity contribution is 6.34. The molecule has 0 aliphatic heterocycles. The summed E-state index contributed by atoms with van der Waals surface area (Å²) in [5.41, 5.74) is -1.13. The summed E-state index contributed by atoms with van der Waals surface area (Å²) in [4.78, 5) is 12.3. The van der Waals surface area contributed by atoms with Crippen LogP contribution in [0.25, 0.3) is 0 Å². The Kier molecular flexibility index (Phi) is 4.92. The summed E-state index contributed by atoms with van der Waals surface area (Å²) >= 11 is 5.68. The zero-order chi connectivity index (χ0) is 19.8.